The molecule has 0 saturated carbocycles. The lowest BCUT2D eigenvalue weighted by molar-refractivity contribution is -0.128. The first-order chi connectivity index (χ1) is 10.2. The summed E-state index contributed by atoms with van der Waals surface area (Å²) >= 11 is 1.44. The number of nitrogens with zero attached hydrogens (tertiary/aromatic N) is 4. The summed E-state index contributed by atoms with van der Waals surface area (Å²) < 4.78 is 1.83. The molecule has 0 unspecified atom stereocenters. The summed E-state index contributed by atoms with van der Waals surface area (Å²) in [4.78, 5) is 14.3. The molecule has 21 heavy (non-hydrogen) atoms. The molecule has 5 nitrogen and oxygen atoms in total. The molecule has 0 fully saturated rings. The quantitative estimate of drug-likeness (QED) is 0.807. The second-order valence-electron chi connectivity index (χ2n) is 5.16. The van der Waals surface area contributed by atoms with Crippen LogP contribution in [0.1, 0.15) is 11.1 Å². The van der Waals surface area contributed by atoms with Crippen LogP contribution in [0.15, 0.2) is 35.7 Å². The molecule has 2 heterocycles. The normalized spacial score (nSPS) is 14.6. The second kappa shape index (κ2) is 6.30. The minimum Gasteiger partial charge on any atom is -0.341 e. The largest absolute Gasteiger partial charge is 0.341 e. The van der Waals surface area contributed by atoms with Gasteiger partial charge in [-0.1, -0.05) is 36.0 Å². The number of fused-ring (bicyclic) bond motifs is 1. The third-order valence-electron chi connectivity index (χ3n) is 3.77. The van der Waals surface area contributed by atoms with E-state index in [0.29, 0.717) is 5.75 Å². The Kier molecular flexibility index (Phi) is 4.24. The highest BCUT2D eigenvalue weighted by molar-refractivity contribution is 7.99. The zero-order chi connectivity index (χ0) is 14.7. The first-order valence-electron chi connectivity index (χ1n) is 7.05. The number of carbonyl (C=O) groups excluding carboxylic acids is 1. The van der Waals surface area contributed by atoms with E-state index >= 15 is 0 Å². The number of benzene rings is 1. The van der Waals surface area contributed by atoms with Gasteiger partial charge in [0.25, 0.3) is 0 Å². The molecule has 6 heteroatoms. The zero-order valence-electron chi connectivity index (χ0n) is 12.0. The number of hydrogen-bond acceptors (Lipinski definition) is 4. The molecular weight excluding hydrogens is 284 g/mol. The lowest BCUT2D eigenvalue weighted by atomic mass is 10.0. The summed E-state index contributed by atoms with van der Waals surface area (Å²) in [6.45, 7) is 1.60. The molecule has 1 aliphatic heterocycles. The van der Waals surface area contributed by atoms with E-state index in [0.717, 1.165) is 31.1 Å². The highest BCUT2D eigenvalue weighted by Crippen LogP contribution is 2.18. The van der Waals surface area contributed by atoms with Crippen molar-refractivity contribution in [3.8, 4) is 0 Å². The van der Waals surface area contributed by atoms with Crippen molar-refractivity contribution in [2.24, 2.45) is 7.05 Å². The number of hydrogen-bond donors (Lipinski definition) is 0. The predicted molar refractivity (Wildman–Crippen MR) is 82.2 cm³/mol. The lowest BCUT2D eigenvalue weighted by Gasteiger charge is -2.19. The topological polar surface area (TPSA) is 51.0 Å². The average Bonchev–Trinajstić information content (AvgIpc) is 2.79. The van der Waals surface area contributed by atoms with Gasteiger partial charge in [-0.3, -0.25) is 4.79 Å². The van der Waals surface area contributed by atoms with Crippen molar-refractivity contribution in [2.45, 2.75) is 18.0 Å². The van der Waals surface area contributed by atoms with Gasteiger partial charge in [0.15, 0.2) is 5.16 Å². The Labute approximate surface area is 128 Å². The summed E-state index contributed by atoms with van der Waals surface area (Å²) in [6, 6.07) is 8.47. The minimum absolute atomic E-state index is 0.177. The lowest BCUT2D eigenvalue weighted by Crippen LogP contribution is -2.34. The average molecular weight is 302 g/mol. The zero-order valence-corrected chi connectivity index (χ0v) is 12.8. The Hall–Kier alpha value is -1.82. The number of aryl methyl sites for hydroxylation is 1. The molecule has 1 amide bonds. The maximum absolute atomic E-state index is 12.4. The van der Waals surface area contributed by atoms with Crippen LogP contribution >= 0.6 is 11.8 Å². The van der Waals surface area contributed by atoms with E-state index in [9.17, 15) is 4.79 Å². The molecule has 1 aliphatic rings. The highest BCUT2D eigenvalue weighted by Gasteiger charge is 2.18. The van der Waals surface area contributed by atoms with Gasteiger partial charge in [-0.2, -0.15) is 0 Å². The number of carbonyl (C=O) groups is 1. The van der Waals surface area contributed by atoms with E-state index in [1.165, 1.54) is 22.9 Å². The van der Waals surface area contributed by atoms with Crippen molar-refractivity contribution in [1.82, 2.24) is 19.7 Å². The number of amides is 1. The van der Waals surface area contributed by atoms with Gasteiger partial charge >= 0.3 is 0 Å². The molecule has 0 bridgehead atoms. The van der Waals surface area contributed by atoms with Crippen molar-refractivity contribution in [2.75, 3.05) is 18.8 Å². The van der Waals surface area contributed by atoms with Crippen LogP contribution < -0.4 is 0 Å². The van der Waals surface area contributed by atoms with Gasteiger partial charge in [-0.05, 0) is 24.0 Å². The van der Waals surface area contributed by atoms with Crippen molar-refractivity contribution in [3.05, 3.63) is 41.7 Å². The number of aromatic nitrogens is 3. The van der Waals surface area contributed by atoms with Crippen LogP contribution in [0.5, 0.6) is 0 Å². The molecule has 110 valence electrons. The minimum atomic E-state index is 0.177. The molecular formula is C15H18N4OS. The molecule has 0 spiro atoms. The van der Waals surface area contributed by atoms with Crippen molar-refractivity contribution >= 4 is 17.7 Å². The Bertz CT molecular complexity index is 613. The van der Waals surface area contributed by atoms with Gasteiger partial charge < -0.3 is 9.47 Å². The molecule has 2 aromatic rings. The van der Waals surface area contributed by atoms with Crippen LogP contribution in [0.25, 0.3) is 0 Å². The summed E-state index contributed by atoms with van der Waals surface area (Å²) in [5, 5.41) is 8.59. The Morgan fingerprint density at radius 2 is 1.90 bits per heavy atom. The van der Waals surface area contributed by atoms with Crippen LogP contribution in [-0.2, 0) is 24.7 Å². The van der Waals surface area contributed by atoms with Gasteiger partial charge in [0.2, 0.25) is 5.91 Å². The van der Waals surface area contributed by atoms with Crippen LogP contribution in [0.2, 0.25) is 0 Å². The third kappa shape index (κ3) is 3.26. The van der Waals surface area contributed by atoms with Gasteiger partial charge in [0.1, 0.15) is 6.33 Å². The van der Waals surface area contributed by atoms with Gasteiger partial charge in [0, 0.05) is 20.1 Å². The Morgan fingerprint density at radius 3 is 2.48 bits per heavy atom. The standard InChI is InChI=1S/C15H18N4OS/c1-18-11-16-17-15(18)21-10-14(20)19-8-6-12-4-2-3-5-13(12)7-9-19/h2-5,11H,6-10H2,1H3. The van der Waals surface area contributed by atoms with Crippen LogP contribution in [0, 0.1) is 0 Å². The highest BCUT2D eigenvalue weighted by atomic mass is 32.2. The molecule has 3 rings (SSSR count). The first kappa shape index (κ1) is 14.1. The summed E-state index contributed by atoms with van der Waals surface area (Å²) in [5.74, 6) is 0.596. The predicted octanol–water partition coefficient (Wildman–Crippen LogP) is 1.53. The molecule has 0 saturated heterocycles. The van der Waals surface area contributed by atoms with Crippen LogP contribution in [0.4, 0.5) is 0 Å². The van der Waals surface area contributed by atoms with Crippen LogP contribution in [0.3, 0.4) is 0 Å². The van der Waals surface area contributed by atoms with Crippen molar-refractivity contribution in [1.29, 1.82) is 0 Å². The monoisotopic (exact) mass is 302 g/mol. The van der Waals surface area contributed by atoms with E-state index in [2.05, 4.69) is 34.5 Å². The van der Waals surface area contributed by atoms with E-state index < -0.39 is 0 Å². The van der Waals surface area contributed by atoms with E-state index in [1.807, 2.05) is 16.5 Å². The van der Waals surface area contributed by atoms with Gasteiger partial charge in [-0.15, -0.1) is 10.2 Å². The molecule has 1 aromatic heterocycles. The van der Waals surface area contributed by atoms with E-state index in [1.54, 1.807) is 6.33 Å². The molecule has 0 radical (unpaired) electrons. The van der Waals surface area contributed by atoms with Gasteiger partial charge in [-0.25, -0.2) is 0 Å². The molecule has 0 N–H and O–H groups in total. The van der Waals surface area contributed by atoms with Crippen LogP contribution in [-0.4, -0.2) is 44.4 Å². The summed E-state index contributed by atoms with van der Waals surface area (Å²) in [7, 11) is 1.88. The maximum atomic E-state index is 12.4. The van der Waals surface area contributed by atoms with Crippen molar-refractivity contribution in [3.63, 3.8) is 0 Å². The fourth-order valence-electron chi connectivity index (χ4n) is 2.54. The smallest absolute Gasteiger partial charge is 0.233 e. The molecule has 0 atom stereocenters. The maximum Gasteiger partial charge on any atom is 0.233 e. The fraction of sp³-hybridized carbons (Fsp3) is 0.400. The van der Waals surface area contributed by atoms with Crippen molar-refractivity contribution < 1.29 is 4.79 Å². The van der Waals surface area contributed by atoms with Gasteiger partial charge in [0.05, 0.1) is 5.75 Å². The number of rotatable bonds is 3. The molecule has 0 aliphatic carbocycles. The fourth-order valence-corrected chi connectivity index (χ4v) is 3.33. The SMILES string of the molecule is Cn1cnnc1SCC(=O)N1CCc2ccccc2CC1. The van der Waals surface area contributed by atoms with E-state index in [-0.39, 0.29) is 5.91 Å². The first-order valence-corrected chi connectivity index (χ1v) is 8.04. The summed E-state index contributed by atoms with van der Waals surface area (Å²) in [5.41, 5.74) is 2.74. The number of thioether (sulfide) groups is 1. The third-order valence-corrected chi connectivity index (χ3v) is 4.79. The Balaban J connectivity index is 1.58. The Morgan fingerprint density at radius 1 is 1.24 bits per heavy atom. The second-order valence-corrected chi connectivity index (χ2v) is 6.11. The molecule has 1 aromatic carbocycles. The van der Waals surface area contributed by atoms with E-state index in [4.69, 9.17) is 0 Å². The summed E-state index contributed by atoms with van der Waals surface area (Å²) in [6.07, 6.45) is 3.53.